The smallest absolute Gasteiger partial charge is 0.160 e. The van der Waals surface area contributed by atoms with Crippen LogP contribution >= 0.6 is 27.5 Å². The van der Waals surface area contributed by atoms with Gasteiger partial charge in [-0.3, -0.25) is 0 Å². The Bertz CT molecular complexity index is 450. The van der Waals surface area contributed by atoms with E-state index in [2.05, 4.69) is 25.9 Å². The molecule has 0 N–H and O–H groups in total. The Morgan fingerprint density at radius 2 is 1.80 bits per heavy atom. The fourth-order valence-electron chi connectivity index (χ4n) is 1.11. The zero-order valence-corrected chi connectivity index (χ0v) is 11.3. The van der Waals surface area contributed by atoms with Crippen molar-refractivity contribution in [1.82, 2.24) is 9.97 Å². The Balaban J connectivity index is 0.00000112. The molecule has 15 heavy (non-hydrogen) atoms. The predicted molar refractivity (Wildman–Crippen MR) is 60.2 cm³/mol. The van der Waals surface area contributed by atoms with E-state index in [4.69, 9.17) is 11.6 Å². The minimum Gasteiger partial charge on any atom is -0.237 e. The molecular weight excluding hydrogens is 370 g/mol. The third kappa shape index (κ3) is 3.09. The molecular formula is C10H6BrClN2Pd. The standard InChI is InChI=1S/C10H6BrClN2.Pd/c11-9-6-7(12)2-3-8(9)10-13-4-1-5-14-10;/h1-6H;. The van der Waals surface area contributed by atoms with Gasteiger partial charge in [-0.05, 0) is 40.2 Å². The van der Waals surface area contributed by atoms with Crippen molar-refractivity contribution >= 4 is 27.5 Å². The van der Waals surface area contributed by atoms with Crippen LogP contribution in [0.25, 0.3) is 11.4 Å². The molecule has 0 aliphatic carbocycles. The van der Waals surface area contributed by atoms with Crippen molar-refractivity contribution in [3.8, 4) is 11.4 Å². The Morgan fingerprint density at radius 1 is 1.13 bits per heavy atom. The first-order valence-electron chi connectivity index (χ1n) is 4.00. The second kappa shape index (κ2) is 5.72. The average Bonchev–Trinajstić information content (AvgIpc) is 2.19. The minimum atomic E-state index is 0. The molecule has 1 heterocycles. The number of nitrogens with zero attached hydrogens (tertiary/aromatic N) is 2. The fourth-order valence-corrected chi connectivity index (χ4v) is 1.97. The third-order valence-electron chi connectivity index (χ3n) is 1.74. The van der Waals surface area contributed by atoms with E-state index in [0.29, 0.717) is 10.8 Å². The predicted octanol–water partition coefficient (Wildman–Crippen LogP) is 3.56. The van der Waals surface area contributed by atoms with Gasteiger partial charge in [0.2, 0.25) is 0 Å². The zero-order valence-electron chi connectivity index (χ0n) is 7.43. The van der Waals surface area contributed by atoms with Crippen molar-refractivity contribution in [2.24, 2.45) is 0 Å². The minimum absolute atomic E-state index is 0. The van der Waals surface area contributed by atoms with Gasteiger partial charge in [0, 0.05) is 47.9 Å². The van der Waals surface area contributed by atoms with Crippen LogP contribution in [0.4, 0.5) is 0 Å². The first kappa shape index (κ1) is 12.8. The van der Waals surface area contributed by atoms with Crippen molar-refractivity contribution in [2.45, 2.75) is 0 Å². The first-order valence-corrected chi connectivity index (χ1v) is 5.17. The van der Waals surface area contributed by atoms with Crippen LogP contribution in [0, 0.1) is 0 Å². The quantitative estimate of drug-likeness (QED) is 0.712. The molecule has 0 radical (unpaired) electrons. The maximum Gasteiger partial charge on any atom is 0.160 e. The van der Waals surface area contributed by atoms with Crippen LogP contribution in [0.3, 0.4) is 0 Å². The summed E-state index contributed by atoms with van der Waals surface area (Å²) in [6, 6.07) is 7.32. The van der Waals surface area contributed by atoms with Gasteiger partial charge >= 0.3 is 0 Å². The van der Waals surface area contributed by atoms with E-state index >= 15 is 0 Å². The van der Waals surface area contributed by atoms with E-state index in [9.17, 15) is 0 Å². The van der Waals surface area contributed by atoms with Gasteiger partial charge in [0.25, 0.3) is 0 Å². The molecule has 0 spiro atoms. The summed E-state index contributed by atoms with van der Waals surface area (Å²) in [6.07, 6.45) is 3.42. The second-order valence-corrected chi connectivity index (χ2v) is 3.99. The number of benzene rings is 1. The Morgan fingerprint density at radius 3 is 2.40 bits per heavy atom. The third-order valence-corrected chi connectivity index (χ3v) is 2.63. The van der Waals surface area contributed by atoms with Crippen LogP contribution in [-0.4, -0.2) is 9.97 Å². The van der Waals surface area contributed by atoms with Crippen molar-refractivity contribution in [3.63, 3.8) is 0 Å². The summed E-state index contributed by atoms with van der Waals surface area (Å²) >= 11 is 9.25. The molecule has 80 valence electrons. The van der Waals surface area contributed by atoms with Crippen LogP contribution in [-0.2, 0) is 20.4 Å². The summed E-state index contributed by atoms with van der Waals surface area (Å²) in [6.45, 7) is 0. The average molecular weight is 376 g/mol. The number of aromatic nitrogens is 2. The number of halogens is 2. The molecule has 2 rings (SSSR count). The van der Waals surface area contributed by atoms with Gasteiger partial charge in [0.1, 0.15) is 0 Å². The van der Waals surface area contributed by atoms with Gasteiger partial charge in [-0.1, -0.05) is 11.6 Å². The second-order valence-electron chi connectivity index (χ2n) is 2.70. The number of hydrogen-bond donors (Lipinski definition) is 0. The van der Waals surface area contributed by atoms with E-state index in [1.54, 1.807) is 18.5 Å². The van der Waals surface area contributed by atoms with Crippen molar-refractivity contribution < 1.29 is 20.4 Å². The largest absolute Gasteiger partial charge is 0.237 e. The van der Waals surface area contributed by atoms with Crippen LogP contribution in [0.5, 0.6) is 0 Å². The van der Waals surface area contributed by atoms with E-state index in [-0.39, 0.29) is 20.4 Å². The topological polar surface area (TPSA) is 25.8 Å². The number of rotatable bonds is 1. The van der Waals surface area contributed by atoms with Gasteiger partial charge in [-0.15, -0.1) is 0 Å². The van der Waals surface area contributed by atoms with Gasteiger partial charge in [0.15, 0.2) is 5.82 Å². The molecule has 0 fully saturated rings. The van der Waals surface area contributed by atoms with E-state index < -0.39 is 0 Å². The van der Waals surface area contributed by atoms with E-state index in [0.717, 1.165) is 10.0 Å². The molecule has 0 saturated carbocycles. The Labute approximate surface area is 115 Å². The van der Waals surface area contributed by atoms with E-state index in [1.165, 1.54) is 0 Å². The van der Waals surface area contributed by atoms with Gasteiger partial charge in [-0.2, -0.15) is 0 Å². The fraction of sp³-hybridized carbons (Fsp3) is 0. The molecule has 0 atom stereocenters. The Hall–Kier alpha value is -0.268. The summed E-state index contributed by atoms with van der Waals surface area (Å²) in [5.41, 5.74) is 0.940. The van der Waals surface area contributed by atoms with E-state index in [1.807, 2.05) is 18.2 Å². The normalized spacial score (nSPS) is 9.47. The molecule has 0 aliphatic heterocycles. The number of hydrogen-bond acceptors (Lipinski definition) is 2. The molecule has 2 aromatic rings. The maximum atomic E-state index is 5.83. The Kier molecular flexibility index (Phi) is 4.88. The summed E-state index contributed by atoms with van der Waals surface area (Å²) in [5, 5.41) is 0.691. The molecule has 0 amide bonds. The molecule has 0 saturated heterocycles. The SMILES string of the molecule is Clc1ccc(-c2ncccn2)c(Br)c1.[Pd]. The summed E-state index contributed by atoms with van der Waals surface area (Å²) < 4.78 is 0.899. The maximum absolute atomic E-state index is 5.83. The first-order chi connectivity index (χ1) is 6.77. The van der Waals surface area contributed by atoms with Gasteiger partial charge in [0.05, 0.1) is 0 Å². The summed E-state index contributed by atoms with van der Waals surface area (Å²) in [7, 11) is 0. The zero-order chi connectivity index (χ0) is 9.97. The monoisotopic (exact) mass is 374 g/mol. The molecule has 1 aromatic heterocycles. The molecule has 0 bridgehead atoms. The van der Waals surface area contributed by atoms with Gasteiger partial charge in [-0.25, -0.2) is 9.97 Å². The molecule has 1 aromatic carbocycles. The van der Waals surface area contributed by atoms with Crippen LogP contribution in [0.2, 0.25) is 5.02 Å². The van der Waals surface area contributed by atoms with Crippen molar-refractivity contribution in [2.75, 3.05) is 0 Å². The molecule has 0 unspecified atom stereocenters. The van der Waals surface area contributed by atoms with Crippen molar-refractivity contribution in [3.05, 3.63) is 46.2 Å². The summed E-state index contributed by atoms with van der Waals surface area (Å²) in [4.78, 5) is 8.31. The van der Waals surface area contributed by atoms with Crippen molar-refractivity contribution in [1.29, 1.82) is 0 Å². The molecule has 0 aliphatic rings. The van der Waals surface area contributed by atoms with Gasteiger partial charge < -0.3 is 0 Å². The van der Waals surface area contributed by atoms with Crippen LogP contribution in [0.1, 0.15) is 0 Å². The van der Waals surface area contributed by atoms with Crippen LogP contribution in [0.15, 0.2) is 41.1 Å². The van der Waals surface area contributed by atoms with Crippen LogP contribution < -0.4 is 0 Å². The molecule has 2 nitrogen and oxygen atoms in total. The molecule has 5 heteroatoms. The summed E-state index contributed by atoms with van der Waals surface area (Å²) in [5.74, 6) is 0.691.